The summed E-state index contributed by atoms with van der Waals surface area (Å²) < 4.78 is -0.571. The second kappa shape index (κ2) is 6.90. The molecule has 0 aliphatic carbocycles. The molecule has 0 bridgehead atoms. The summed E-state index contributed by atoms with van der Waals surface area (Å²) in [5, 5.41) is 0. The molecule has 2 nitrogen and oxygen atoms in total. The molecule has 0 saturated heterocycles. The van der Waals surface area contributed by atoms with Gasteiger partial charge in [0.15, 0.2) is 3.41 Å². The summed E-state index contributed by atoms with van der Waals surface area (Å²) >= 11 is 4.71. The van der Waals surface area contributed by atoms with E-state index >= 15 is 0 Å². The number of rotatable bonds is 7. The van der Waals surface area contributed by atoms with Crippen LogP contribution in [0.1, 0.15) is 20.8 Å². The van der Waals surface area contributed by atoms with Crippen LogP contribution in [0.25, 0.3) is 0 Å². The average Bonchev–Trinajstić information content (AvgIpc) is 2.05. The van der Waals surface area contributed by atoms with Crippen molar-refractivity contribution in [2.24, 2.45) is 0 Å². The van der Waals surface area contributed by atoms with E-state index in [4.69, 9.17) is 5.73 Å². The van der Waals surface area contributed by atoms with Gasteiger partial charge in [-0.2, -0.15) is 0 Å². The lowest BCUT2D eigenvalue weighted by Gasteiger charge is -2.26. The Bertz CT molecular complexity index is 146. The van der Waals surface area contributed by atoms with Gasteiger partial charge in [0.1, 0.15) is 0 Å². The van der Waals surface area contributed by atoms with Gasteiger partial charge < -0.3 is 0 Å². The van der Waals surface area contributed by atoms with Crippen LogP contribution in [-0.2, 0) is 4.79 Å². The van der Waals surface area contributed by atoms with Crippen LogP contribution in [0.15, 0.2) is 0 Å². The molecule has 0 aromatic heterocycles. The lowest BCUT2D eigenvalue weighted by atomic mass is 10.7. The van der Waals surface area contributed by atoms with Gasteiger partial charge in [-0.25, -0.2) is 0 Å². The maximum Gasteiger partial charge on any atom is 0.275 e. The molecule has 0 rings (SSSR count). The molecule has 0 fully saturated rings. The number of carbonyl (C=O) groups is 1. The fourth-order valence-electron chi connectivity index (χ4n) is 0.892. The highest BCUT2D eigenvalue weighted by atomic mass is 32.3. The molecule has 1 amide bonds. The van der Waals surface area contributed by atoms with E-state index < -0.39 is 9.32 Å². The summed E-state index contributed by atoms with van der Waals surface area (Å²) in [5.41, 5.74) is 7.29. The molecule has 0 aliphatic rings. The molecule has 0 spiro atoms. The van der Waals surface area contributed by atoms with Crippen LogP contribution in [0.4, 0.5) is 0 Å². The van der Waals surface area contributed by atoms with Crippen molar-refractivity contribution in [1.82, 2.24) is 5.73 Å². The molecule has 13 heavy (non-hydrogen) atoms. The molecular formula is C8H16NOS3. The van der Waals surface area contributed by atoms with Gasteiger partial charge >= 0.3 is 0 Å². The minimum atomic E-state index is -0.571. The Morgan fingerprint density at radius 3 is 1.54 bits per heavy atom. The van der Waals surface area contributed by atoms with Crippen molar-refractivity contribution in [3.8, 4) is 0 Å². The summed E-state index contributed by atoms with van der Waals surface area (Å²) in [6, 6.07) is 0. The zero-order valence-electron chi connectivity index (χ0n) is 8.25. The lowest BCUT2D eigenvalue weighted by Crippen LogP contribution is -2.29. The Morgan fingerprint density at radius 2 is 1.38 bits per heavy atom. The second-order valence-corrected chi connectivity index (χ2v) is 7.39. The minimum Gasteiger partial charge on any atom is -0.270 e. The van der Waals surface area contributed by atoms with Crippen LogP contribution >= 0.6 is 35.3 Å². The number of hydrogen-bond acceptors (Lipinski definition) is 4. The molecule has 0 atom stereocenters. The molecule has 0 aromatic carbocycles. The molecule has 77 valence electrons. The second-order valence-electron chi connectivity index (χ2n) is 2.18. The summed E-state index contributed by atoms with van der Waals surface area (Å²) in [4.78, 5) is 11.2. The van der Waals surface area contributed by atoms with Crippen LogP contribution in [0.3, 0.4) is 0 Å². The highest BCUT2D eigenvalue weighted by molar-refractivity contribution is 8.35. The zero-order chi connectivity index (χ0) is 10.3. The van der Waals surface area contributed by atoms with Crippen molar-refractivity contribution < 1.29 is 4.79 Å². The largest absolute Gasteiger partial charge is 0.275 e. The van der Waals surface area contributed by atoms with Gasteiger partial charge in [-0.15, -0.1) is 35.3 Å². The Morgan fingerprint density at radius 1 is 1.08 bits per heavy atom. The van der Waals surface area contributed by atoms with Gasteiger partial charge in [-0.3, -0.25) is 10.5 Å². The van der Waals surface area contributed by atoms with E-state index in [9.17, 15) is 4.79 Å². The van der Waals surface area contributed by atoms with Crippen LogP contribution in [0.2, 0.25) is 0 Å². The van der Waals surface area contributed by atoms with E-state index in [0.717, 1.165) is 17.3 Å². The normalized spacial score (nSPS) is 11.6. The minimum absolute atomic E-state index is 0.460. The van der Waals surface area contributed by atoms with E-state index in [1.807, 2.05) is 20.8 Å². The van der Waals surface area contributed by atoms with Gasteiger partial charge in [0.2, 0.25) is 0 Å². The molecule has 1 N–H and O–H groups in total. The zero-order valence-corrected chi connectivity index (χ0v) is 10.7. The predicted molar refractivity (Wildman–Crippen MR) is 65.2 cm³/mol. The lowest BCUT2D eigenvalue weighted by molar-refractivity contribution is -0.117. The summed E-state index contributed by atoms with van der Waals surface area (Å²) in [7, 11) is 0. The molecule has 0 saturated carbocycles. The predicted octanol–water partition coefficient (Wildman–Crippen LogP) is 2.71. The Labute approximate surface area is 93.2 Å². The monoisotopic (exact) mass is 238 g/mol. The molecule has 0 heterocycles. The quantitative estimate of drug-likeness (QED) is 0.639. The van der Waals surface area contributed by atoms with Crippen LogP contribution < -0.4 is 5.73 Å². The van der Waals surface area contributed by atoms with Gasteiger partial charge in [0, 0.05) is 0 Å². The van der Waals surface area contributed by atoms with E-state index in [1.54, 1.807) is 35.3 Å². The highest BCUT2D eigenvalue weighted by Gasteiger charge is 2.37. The maximum absolute atomic E-state index is 11.2. The smallest absolute Gasteiger partial charge is 0.270 e. The third kappa shape index (κ3) is 4.04. The maximum atomic E-state index is 11.2. The average molecular weight is 238 g/mol. The first kappa shape index (κ1) is 13.5. The molecule has 5 heteroatoms. The number of carbonyl (C=O) groups excluding carboxylic acids is 1. The number of nitrogens with one attached hydrogen (secondary N) is 1. The number of thioether (sulfide) groups is 3. The van der Waals surface area contributed by atoms with Gasteiger partial charge in [-0.05, 0) is 17.3 Å². The molecular weight excluding hydrogens is 222 g/mol. The fourth-order valence-corrected chi connectivity index (χ4v) is 5.55. The van der Waals surface area contributed by atoms with E-state index in [0.29, 0.717) is 0 Å². The third-order valence-corrected chi connectivity index (χ3v) is 5.96. The Balaban J connectivity index is 4.48. The van der Waals surface area contributed by atoms with Crippen molar-refractivity contribution in [2.45, 2.75) is 24.2 Å². The molecule has 0 unspecified atom stereocenters. The Hall–Kier alpha value is 0.520. The van der Waals surface area contributed by atoms with Gasteiger partial charge in [-0.1, -0.05) is 20.8 Å². The fraction of sp³-hybridized carbons (Fsp3) is 0.875. The molecule has 1 radical (unpaired) electrons. The summed E-state index contributed by atoms with van der Waals surface area (Å²) in [6.45, 7) is 6.07. The van der Waals surface area contributed by atoms with Crippen LogP contribution in [0, 0.1) is 0 Å². The topological polar surface area (TPSA) is 40.9 Å². The van der Waals surface area contributed by atoms with Crippen molar-refractivity contribution in [3.63, 3.8) is 0 Å². The first-order valence-corrected chi connectivity index (χ1v) is 7.26. The molecule has 0 aliphatic heterocycles. The van der Waals surface area contributed by atoms with E-state index in [2.05, 4.69) is 0 Å². The van der Waals surface area contributed by atoms with Crippen molar-refractivity contribution in [3.05, 3.63) is 0 Å². The number of hydrogen-bond donors (Lipinski definition) is 0. The standard InChI is InChI=1S/C8H16NOS3/c1-4-11-8(7(9)10,12-5-2)13-6-3/h9H,4-6H2,1-3H3. The Kier molecular flexibility index (Phi) is 7.17. The summed E-state index contributed by atoms with van der Waals surface area (Å²) in [6.07, 6.45) is 0. The first-order chi connectivity index (χ1) is 6.13. The van der Waals surface area contributed by atoms with Gasteiger partial charge in [0.25, 0.3) is 5.91 Å². The highest BCUT2D eigenvalue weighted by Crippen LogP contribution is 2.46. The van der Waals surface area contributed by atoms with Crippen molar-refractivity contribution >= 4 is 41.2 Å². The van der Waals surface area contributed by atoms with Crippen molar-refractivity contribution in [2.75, 3.05) is 17.3 Å². The molecule has 0 aromatic rings. The van der Waals surface area contributed by atoms with Gasteiger partial charge in [0.05, 0.1) is 0 Å². The van der Waals surface area contributed by atoms with Crippen molar-refractivity contribution in [1.29, 1.82) is 0 Å². The van der Waals surface area contributed by atoms with Crippen LogP contribution in [-0.4, -0.2) is 26.6 Å². The first-order valence-electron chi connectivity index (χ1n) is 4.30. The van der Waals surface area contributed by atoms with E-state index in [1.165, 1.54) is 0 Å². The number of amides is 1. The SMILES string of the molecule is CCSC(SCC)(SCC)C([NH])=O. The third-order valence-electron chi connectivity index (χ3n) is 1.28. The van der Waals surface area contributed by atoms with E-state index in [-0.39, 0.29) is 0 Å². The van der Waals surface area contributed by atoms with Crippen LogP contribution in [0.5, 0.6) is 0 Å². The summed E-state index contributed by atoms with van der Waals surface area (Å²) in [5.74, 6) is 2.18.